The highest BCUT2D eigenvalue weighted by Crippen LogP contribution is 2.41. The summed E-state index contributed by atoms with van der Waals surface area (Å²) in [5, 5.41) is 12.5. The maximum atomic E-state index is 14.9. The lowest BCUT2D eigenvalue weighted by Gasteiger charge is -2.21. The Bertz CT molecular complexity index is 1080. The van der Waals surface area contributed by atoms with Crippen LogP contribution in [0.4, 0.5) is 18.9 Å². The van der Waals surface area contributed by atoms with Crippen molar-refractivity contribution >= 4 is 22.6 Å². The first kappa shape index (κ1) is 19.4. The molecule has 6 nitrogen and oxygen atoms in total. The second-order valence-electron chi connectivity index (χ2n) is 8.59. The third-order valence-electron chi connectivity index (χ3n) is 6.32. The molecule has 0 amide bonds. The van der Waals surface area contributed by atoms with Gasteiger partial charge in [-0.1, -0.05) is 0 Å². The van der Waals surface area contributed by atoms with Gasteiger partial charge < -0.3 is 19.9 Å². The summed E-state index contributed by atoms with van der Waals surface area (Å²) < 4.78 is 44.7. The zero-order valence-electron chi connectivity index (χ0n) is 16.2. The van der Waals surface area contributed by atoms with Gasteiger partial charge in [-0.05, 0) is 25.0 Å². The summed E-state index contributed by atoms with van der Waals surface area (Å²) in [6.07, 6.45) is 1.27. The van der Waals surface area contributed by atoms with Crippen molar-refractivity contribution in [2.45, 2.75) is 43.7 Å². The van der Waals surface area contributed by atoms with Gasteiger partial charge in [0.15, 0.2) is 0 Å². The molecule has 0 bridgehead atoms. The minimum absolute atomic E-state index is 0.0338. The summed E-state index contributed by atoms with van der Waals surface area (Å²) in [5.41, 5.74) is -0.926. The van der Waals surface area contributed by atoms with Crippen molar-refractivity contribution in [3.63, 3.8) is 0 Å². The number of anilines is 1. The number of nitrogens with zero attached hydrogens (tertiary/aromatic N) is 2. The van der Waals surface area contributed by atoms with Crippen LogP contribution in [0.5, 0.6) is 0 Å². The number of benzene rings is 1. The van der Waals surface area contributed by atoms with E-state index in [4.69, 9.17) is 0 Å². The number of pyridine rings is 1. The number of nitrogens with one attached hydrogen (secondary N) is 1. The molecule has 0 radical (unpaired) electrons. The second kappa shape index (κ2) is 7.01. The van der Waals surface area contributed by atoms with Gasteiger partial charge in [0.1, 0.15) is 23.7 Å². The Labute approximate surface area is 170 Å². The number of aromatic nitrogens is 1. The normalized spacial score (nSPS) is 28.3. The van der Waals surface area contributed by atoms with Gasteiger partial charge in [-0.3, -0.25) is 4.79 Å². The fourth-order valence-corrected chi connectivity index (χ4v) is 4.29. The quantitative estimate of drug-likeness (QED) is 0.750. The Morgan fingerprint density at radius 3 is 2.57 bits per heavy atom. The van der Waals surface area contributed by atoms with E-state index < -0.39 is 41.2 Å². The van der Waals surface area contributed by atoms with Crippen LogP contribution in [0.2, 0.25) is 0 Å². The maximum Gasteiger partial charge on any atom is 0.341 e. The van der Waals surface area contributed by atoms with Crippen LogP contribution in [-0.4, -0.2) is 53.7 Å². The molecule has 160 valence electrons. The molecule has 0 unspecified atom stereocenters. The third kappa shape index (κ3) is 3.34. The number of halogens is 3. The van der Waals surface area contributed by atoms with Gasteiger partial charge in [0.2, 0.25) is 5.43 Å². The number of carbonyl (C=O) groups is 1. The minimum atomic E-state index is -1.44. The molecule has 2 N–H and O–H groups in total. The van der Waals surface area contributed by atoms with Crippen LogP contribution in [0.1, 0.15) is 35.7 Å². The fourth-order valence-electron chi connectivity index (χ4n) is 4.29. The number of aromatic carboxylic acids is 1. The number of carboxylic acid groups (broad SMARTS) is 1. The average molecular weight is 421 g/mol. The Hall–Kier alpha value is -2.55. The summed E-state index contributed by atoms with van der Waals surface area (Å²) >= 11 is 0. The predicted octanol–water partition coefficient (Wildman–Crippen LogP) is 2.65. The lowest BCUT2D eigenvalue weighted by atomic mass is 10.1. The molecule has 2 aliphatic carbocycles. The number of rotatable bonds is 6. The van der Waals surface area contributed by atoms with Gasteiger partial charge in [-0.15, -0.1) is 0 Å². The summed E-state index contributed by atoms with van der Waals surface area (Å²) in [6.45, 7) is 0.887. The van der Waals surface area contributed by atoms with Crippen molar-refractivity contribution in [1.82, 2.24) is 9.88 Å². The molecule has 1 aromatic carbocycles. The van der Waals surface area contributed by atoms with Crippen LogP contribution in [0.3, 0.4) is 0 Å². The lowest BCUT2D eigenvalue weighted by molar-refractivity contribution is 0.0694. The standard InChI is InChI=1S/C21H22F3N3O3/c22-14-3-12-17(27(19-4-15(19)23)8-13(20(12)28)21(29)30)5-18(14)26-7-10(16(24)9-26)6-25-11-1-2-11/h3,5,8,10-11,15-16,19,25H,1-2,4,6-7,9H2,(H,29,30)/t10-,15-,16+,19+/m0/s1. The monoisotopic (exact) mass is 421 g/mol. The Kier molecular flexibility index (Phi) is 4.53. The molecule has 1 aliphatic heterocycles. The zero-order chi connectivity index (χ0) is 21.2. The van der Waals surface area contributed by atoms with E-state index in [1.165, 1.54) is 10.6 Å². The van der Waals surface area contributed by atoms with Crippen LogP contribution in [0, 0.1) is 11.7 Å². The zero-order valence-corrected chi connectivity index (χ0v) is 16.2. The third-order valence-corrected chi connectivity index (χ3v) is 6.32. The molecule has 4 atom stereocenters. The summed E-state index contributed by atoms with van der Waals surface area (Å²) in [4.78, 5) is 25.6. The smallest absolute Gasteiger partial charge is 0.341 e. The maximum absolute atomic E-state index is 14.9. The highest BCUT2D eigenvalue weighted by Gasteiger charge is 2.41. The van der Waals surface area contributed by atoms with Gasteiger partial charge in [0.25, 0.3) is 0 Å². The summed E-state index contributed by atoms with van der Waals surface area (Å²) in [7, 11) is 0. The lowest BCUT2D eigenvalue weighted by Crippen LogP contribution is -2.30. The van der Waals surface area contributed by atoms with Crippen LogP contribution < -0.4 is 15.6 Å². The van der Waals surface area contributed by atoms with Crippen molar-refractivity contribution in [1.29, 1.82) is 0 Å². The average Bonchev–Trinajstić information content (AvgIpc) is 3.61. The minimum Gasteiger partial charge on any atom is -0.477 e. The molecule has 5 rings (SSSR count). The first-order valence-corrected chi connectivity index (χ1v) is 10.2. The van der Waals surface area contributed by atoms with Gasteiger partial charge in [-0.25, -0.2) is 18.0 Å². The molecule has 2 saturated carbocycles. The van der Waals surface area contributed by atoms with E-state index in [1.807, 2.05) is 0 Å². The highest BCUT2D eigenvalue weighted by atomic mass is 19.1. The van der Waals surface area contributed by atoms with Crippen LogP contribution >= 0.6 is 0 Å². The van der Waals surface area contributed by atoms with Crippen LogP contribution in [0.15, 0.2) is 23.1 Å². The van der Waals surface area contributed by atoms with E-state index in [9.17, 15) is 27.9 Å². The van der Waals surface area contributed by atoms with E-state index in [2.05, 4.69) is 5.32 Å². The van der Waals surface area contributed by atoms with E-state index in [0.717, 1.165) is 25.1 Å². The van der Waals surface area contributed by atoms with Crippen molar-refractivity contribution in [3.8, 4) is 0 Å². The van der Waals surface area contributed by atoms with E-state index in [1.54, 1.807) is 4.90 Å². The molecular formula is C21H22F3N3O3. The molecule has 2 heterocycles. The summed E-state index contributed by atoms with van der Waals surface area (Å²) in [5.74, 6) is -2.43. The van der Waals surface area contributed by atoms with E-state index in [-0.39, 0.29) is 35.5 Å². The molecule has 1 saturated heterocycles. The number of hydrogen-bond donors (Lipinski definition) is 2. The topological polar surface area (TPSA) is 74.6 Å². The van der Waals surface area contributed by atoms with E-state index in [0.29, 0.717) is 19.1 Å². The van der Waals surface area contributed by atoms with Crippen LogP contribution in [0.25, 0.3) is 10.9 Å². The number of fused-ring (bicyclic) bond motifs is 1. The number of hydrogen-bond acceptors (Lipinski definition) is 4. The van der Waals surface area contributed by atoms with Crippen molar-refractivity contribution < 1.29 is 23.1 Å². The first-order valence-electron chi connectivity index (χ1n) is 10.2. The number of alkyl halides is 2. The van der Waals surface area contributed by atoms with Gasteiger partial charge >= 0.3 is 5.97 Å². The van der Waals surface area contributed by atoms with Crippen molar-refractivity contribution in [3.05, 3.63) is 39.9 Å². The molecule has 30 heavy (non-hydrogen) atoms. The first-order chi connectivity index (χ1) is 14.3. The second-order valence-corrected chi connectivity index (χ2v) is 8.59. The predicted molar refractivity (Wildman–Crippen MR) is 105 cm³/mol. The van der Waals surface area contributed by atoms with Gasteiger partial charge in [-0.2, -0.15) is 0 Å². The van der Waals surface area contributed by atoms with E-state index >= 15 is 0 Å². The van der Waals surface area contributed by atoms with Crippen molar-refractivity contribution in [2.24, 2.45) is 5.92 Å². The fraction of sp³-hybridized carbons (Fsp3) is 0.524. The molecule has 3 fully saturated rings. The SMILES string of the molecule is O=C(O)c1cn([C@@H]2C[C@@H]2F)c2cc(N3C[C@H](CNC4CC4)[C@H](F)C3)c(F)cc2c1=O. The van der Waals surface area contributed by atoms with Gasteiger partial charge in [0.05, 0.1) is 17.2 Å². The molecule has 0 spiro atoms. The van der Waals surface area contributed by atoms with Crippen LogP contribution in [-0.2, 0) is 0 Å². The summed E-state index contributed by atoms with van der Waals surface area (Å²) in [6, 6.07) is 2.28. The Morgan fingerprint density at radius 1 is 1.20 bits per heavy atom. The molecule has 3 aliphatic rings. The highest BCUT2D eigenvalue weighted by molar-refractivity contribution is 5.93. The Balaban J connectivity index is 1.53. The van der Waals surface area contributed by atoms with Gasteiger partial charge in [0, 0.05) is 49.6 Å². The number of carboxylic acids is 1. The largest absolute Gasteiger partial charge is 0.477 e. The molecular weight excluding hydrogens is 399 g/mol. The molecule has 9 heteroatoms. The Morgan fingerprint density at radius 2 is 1.93 bits per heavy atom. The molecule has 1 aromatic heterocycles. The molecule has 2 aromatic rings. The van der Waals surface area contributed by atoms with Crippen molar-refractivity contribution in [2.75, 3.05) is 24.5 Å².